The van der Waals surface area contributed by atoms with Crippen molar-refractivity contribution < 1.29 is 10.0 Å². The van der Waals surface area contributed by atoms with Crippen molar-refractivity contribution in [2.45, 2.75) is 13.8 Å². The van der Waals surface area contributed by atoms with Crippen LogP contribution in [0, 0.1) is 5.41 Å². The number of nitrogens with two attached hydrogens (primary N) is 1. The summed E-state index contributed by atoms with van der Waals surface area (Å²) in [5, 5.41) is 14.3. The summed E-state index contributed by atoms with van der Waals surface area (Å²) in [5.74, 6) is -0.476. The zero-order valence-corrected chi connectivity index (χ0v) is 11.4. The van der Waals surface area contributed by atoms with Crippen molar-refractivity contribution in [1.29, 1.82) is 0 Å². The summed E-state index contributed by atoms with van der Waals surface area (Å²) in [5.41, 5.74) is 7.71. The van der Waals surface area contributed by atoms with Crippen molar-refractivity contribution >= 4 is 39.0 Å². The Labute approximate surface area is 113 Å². The molecule has 0 atom stereocenters. The van der Waals surface area contributed by atoms with E-state index < -0.39 is 5.41 Å². The summed E-state index contributed by atoms with van der Waals surface area (Å²) in [6.45, 7) is 3.17. The molecule has 1 aromatic heterocycles. The van der Waals surface area contributed by atoms with Crippen LogP contribution in [0.5, 0.6) is 0 Å². The van der Waals surface area contributed by atoms with Crippen LogP contribution in [0.1, 0.15) is 13.8 Å². The number of amidine groups is 1. The molecule has 0 aliphatic heterocycles. The molecule has 0 unspecified atom stereocenters. The zero-order valence-electron chi connectivity index (χ0n) is 10.5. The molecule has 2 aromatic rings. The van der Waals surface area contributed by atoms with Gasteiger partial charge in [-0.3, -0.25) is 4.79 Å². The van der Waals surface area contributed by atoms with Gasteiger partial charge in [0, 0.05) is 5.69 Å². The van der Waals surface area contributed by atoms with Gasteiger partial charge in [-0.15, -0.1) is 11.3 Å². The number of carbonyl (C=O) groups is 1. The van der Waals surface area contributed by atoms with E-state index >= 15 is 0 Å². The van der Waals surface area contributed by atoms with E-state index in [-0.39, 0.29) is 11.7 Å². The first-order valence-corrected chi connectivity index (χ1v) is 6.46. The molecule has 0 saturated carbocycles. The summed E-state index contributed by atoms with van der Waals surface area (Å²) in [6.07, 6.45) is 0. The number of amides is 1. The molecule has 1 heterocycles. The molecule has 19 heavy (non-hydrogen) atoms. The monoisotopic (exact) mass is 278 g/mol. The van der Waals surface area contributed by atoms with E-state index in [2.05, 4.69) is 15.5 Å². The summed E-state index contributed by atoms with van der Waals surface area (Å²) >= 11 is 1.50. The number of benzene rings is 1. The normalized spacial score (nSPS) is 12.6. The Morgan fingerprint density at radius 3 is 2.95 bits per heavy atom. The second kappa shape index (κ2) is 4.85. The summed E-state index contributed by atoms with van der Waals surface area (Å²) in [6, 6.07) is 5.44. The van der Waals surface area contributed by atoms with Crippen LogP contribution in [0.2, 0.25) is 0 Å². The van der Waals surface area contributed by atoms with E-state index in [4.69, 9.17) is 10.9 Å². The lowest BCUT2D eigenvalue weighted by molar-refractivity contribution is -0.121. The maximum atomic E-state index is 12.1. The minimum atomic E-state index is -1.09. The Bertz CT molecular complexity index is 648. The highest BCUT2D eigenvalue weighted by molar-refractivity contribution is 7.16. The van der Waals surface area contributed by atoms with Gasteiger partial charge >= 0.3 is 0 Å². The first-order chi connectivity index (χ1) is 8.95. The van der Waals surface area contributed by atoms with E-state index in [9.17, 15) is 4.79 Å². The number of aromatic nitrogens is 1. The van der Waals surface area contributed by atoms with Crippen LogP contribution in [0.25, 0.3) is 10.2 Å². The van der Waals surface area contributed by atoms with Gasteiger partial charge in [0.25, 0.3) is 0 Å². The van der Waals surface area contributed by atoms with Crippen LogP contribution in [0.3, 0.4) is 0 Å². The molecule has 4 N–H and O–H groups in total. The van der Waals surface area contributed by atoms with Crippen molar-refractivity contribution in [3.63, 3.8) is 0 Å². The number of hydrogen-bond acceptors (Lipinski definition) is 5. The average molecular weight is 278 g/mol. The minimum absolute atomic E-state index is 0.135. The van der Waals surface area contributed by atoms with Crippen molar-refractivity contribution in [1.82, 2.24) is 4.98 Å². The third-order valence-corrected chi connectivity index (χ3v) is 3.70. The molecule has 7 heteroatoms. The van der Waals surface area contributed by atoms with Gasteiger partial charge in [-0.2, -0.15) is 0 Å². The van der Waals surface area contributed by atoms with Crippen molar-refractivity contribution in [3.05, 3.63) is 23.7 Å². The minimum Gasteiger partial charge on any atom is -0.409 e. The van der Waals surface area contributed by atoms with Crippen LogP contribution in [0.4, 0.5) is 5.69 Å². The Morgan fingerprint density at radius 2 is 2.26 bits per heavy atom. The maximum Gasteiger partial charge on any atom is 0.237 e. The van der Waals surface area contributed by atoms with Crippen LogP contribution >= 0.6 is 11.3 Å². The van der Waals surface area contributed by atoms with Crippen LogP contribution < -0.4 is 11.1 Å². The van der Waals surface area contributed by atoms with Crippen LogP contribution in [-0.2, 0) is 4.79 Å². The van der Waals surface area contributed by atoms with Gasteiger partial charge in [-0.25, -0.2) is 4.98 Å². The number of carbonyl (C=O) groups excluding carboxylic acids is 1. The van der Waals surface area contributed by atoms with E-state index in [1.807, 2.05) is 12.1 Å². The Balaban J connectivity index is 2.23. The number of nitrogens with zero attached hydrogens (tertiary/aromatic N) is 2. The summed E-state index contributed by atoms with van der Waals surface area (Å²) in [4.78, 5) is 16.3. The molecule has 100 valence electrons. The molecule has 1 amide bonds. The van der Waals surface area contributed by atoms with E-state index in [1.165, 1.54) is 11.3 Å². The maximum absolute atomic E-state index is 12.1. The number of hydrogen-bond donors (Lipinski definition) is 3. The second-order valence-corrected chi connectivity index (χ2v) is 5.49. The van der Waals surface area contributed by atoms with E-state index in [1.54, 1.807) is 25.4 Å². The number of fused-ring (bicyclic) bond motifs is 1. The zero-order chi connectivity index (χ0) is 14.0. The fraction of sp³-hybridized carbons (Fsp3) is 0.250. The SMILES string of the molecule is CC(C)(C(=O)Nc1ccc2ncsc2c1)/C(N)=N/O. The first kappa shape index (κ1) is 13.3. The standard InChI is InChI=1S/C12H14N4O2S/c1-12(2,10(13)16-18)11(17)15-7-3-4-8-9(5-7)19-6-14-8/h3-6,18H,1-2H3,(H2,13,16)(H,15,17). The molecule has 2 rings (SSSR count). The van der Waals surface area contributed by atoms with Crippen molar-refractivity contribution in [2.24, 2.45) is 16.3 Å². The third-order valence-electron chi connectivity index (χ3n) is 2.90. The van der Waals surface area contributed by atoms with Gasteiger partial charge in [-0.1, -0.05) is 5.16 Å². The number of oxime groups is 1. The molecule has 1 aromatic carbocycles. The Kier molecular flexibility index (Phi) is 3.39. The molecule has 0 aliphatic rings. The van der Waals surface area contributed by atoms with Gasteiger partial charge in [-0.05, 0) is 32.0 Å². The van der Waals surface area contributed by atoms with Gasteiger partial charge in [0.05, 0.1) is 15.7 Å². The van der Waals surface area contributed by atoms with Gasteiger partial charge < -0.3 is 16.3 Å². The fourth-order valence-electron chi connectivity index (χ4n) is 1.46. The summed E-state index contributed by atoms with van der Waals surface area (Å²) in [7, 11) is 0. The fourth-order valence-corrected chi connectivity index (χ4v) is 2.18. The van der Waals surface area contributed by atoms with Crippen molar-refractivity contribution in [3.8, 4) is 0 Å². The molecule has 0 saturated heterocycles. The molecule has 0 fully saturated rings. The number of thiazole rings is 1. The first-order valence-electron chi connectivity index (χ1n) is 5.58. The van der Waals surface area contributed by atoms with Gasteiger partial charge in [0.1, 0.15) is 5.41 Å². The number of nitrogens with one attached hydrogen (secondary N) is 1. The largest absolute Gasteiger partial charge is 0.409 e. The van der Waals surface area contributed by atoms with Crippen LogP contribution in [-0.4, -0.2) is 21.9 Å². The molecule has 0 radical (unpaired) electrons. The predicted octanol–water partition coefficient (Wildman–Crippen LogP) is 2.01. The second-order valence-electron chi connectivity index (χ2n) is 4.60. The molecule has 6 nitrogen and oxygen atoms in total. The number of anilines is 1. The molecule has 0 bridgehead atoms. The van der Waals surface area contributed by atoms with Crippen molar-refractivity contribution in [2.75, 3.05) is 5.32 Å². The highest BCUT2D eigenvalue weighted by atomic mass is 32.1. The summed E-state index contributed by atoms with van der Waals surface area (Å²) < 4.78 is 0.986. The lowest BCUT2D eigenvalue weighted by atomic mass is 9.91. The molecular formula is C12H14N4O2S. The van der Waals surface area contributed by atoms with E-state index in [0.29, 0.717) is 5.69 Å². The number of rotatable bonds is 3. The lowest BCUT2D eigenvalue weighted by Crippen LogP contribution is -2.42. The Morgan fingerprint density at radius 1 is 1.53 bits per heavy atom. The molecule has 0 spiro atoms. The van der Waals surface area contributed by atoms with Crippen LogP contribution in [0.15, 0.2) is 28.9 Å². The average Bonchev–Trinajstić information content (AvgIpc) is 2.84. The Hall–Kier alpha value is -2.15. The quantitative estimate of drug-likeness (QED) is 0.346. The molecule has 0 aliphatic carbocycles. The van der Waals surface area contributed by atoms with E-state index in [0.717, 1.165) is 10.2 Å². The predicted molar refractivity (Wildman–Crippen MR) is 75.4 cm³/mol. The highest BCUT2D eigenvalue weighted by Gasteiger charge is 2.32. The lowest BCUT2D eigenvalue weighted by Gasteiger charge is -2.21. The van der Waals surface area contributed by atoms with Gasteiger partial charge in [0.2, 0.25) is 5.91 Å². The topological polar surface area (TPSA) is 101 Å². The highest BCUT2D eigenvalue weighted by Crippen LogP contribution is 2.24. The van der Waals surface area contributed by atoms with Gasteiger partial charge in [0.15, 0.2) is 5.84 Å². The molecular weight excluding hydrogens is 264 g/mol. The third kappa shape index (κ3) is 2.50. The smallest absolute Gasteiger partial charge is 0.237 e.